The second-order valence-corrected chi connectivity index (χ2v) is 4.57. The van der Waals surface area contributed by atoms with Crippen LogP contribution in [0.15, 0.2) is 17.2 Å². The molecule has 1 aromatic heterocycles. The number of rotatable bonds is 2. The van der Waals surface area contributed by atoms with Gasteiger partial charge in [0, 0.05) is 24.7 Å². The Labute approximate surface area is 94.9 Å². The lowest BCUT2D eigenvalue weighted by atomic mass is 9.90. The summed E-state index contributed by atoms with van der Waals surface area (Å²) in [5.74, 6) is 0.780. The fourth-order valence-electron chi connectivity index (χ4n) is 2.01. The molecule has 0 amide bonds. The van der Waals surface area contributed by atoms with E-state index >= 15 is 0 Å². The first-order valence-corrected chi connectivity index (χ1v) is 5.62. The summed E-state index contributed by atoms with van der Waals surface area (Å²) < 4.78 is 0. The lowest BCUT2D eigenvalue weighted by Crippen LogP contribution is -2.50. The molecule has 0 unspecified atom stereocenters. The molecule has 5 heteroatoms. The van der Waals surface area contributed by atoms with E-state index in [-0.39, 0.29) is 11.1 Å². The van der Waals surface area contributed by atoms with E-state index in [2.05, 4.69) is 27.1 Å². The Morgan fingerprint density at radius 1 is 1.50 bits per heavy atom. The second kappa shape index (κ2) is 4.25. The molecule has 0 bridgehead atoms. The van der Waals surface area contributed by atoms with E-state index in [1.807, 2.05) is 7.05 Å². The molecule has 0 atom stereocenters. The standard InChI is InChI=1S/C11H18N4O/c1-11(12-2)3-5-15(6-4-11)9-7-10(16)14-8-13-9/h7-8,12H,3-6H2,1-2H3,(H,13,14,16). The van der Waals surface area contributed by atoms with Crippen molar-refractivity contribution in [2.45, 2.75) is 25.3 Å². The van der Waals surface area contributed by atoms with Gasteiger partial charge in [0.25, 0.3) is 5.56 Å². The minimum absolute atomic E-state index is 0.0908. The zero-order valence-electron chi connectivity index (χ0n) is 9.79. The molecule has 88 valence electrons. The van der Waals surface area contributed by atoms with E-state index in [1.54, 1.807) is 6.07 Å². The van der Waals surface area contributed by atoms with Crippen molar-refractivity contribution in [1.29, 1.82) is 0 Å². The first-order valence-electron chi connectivity index (χ1n) is 5.62. The maximum atomic E-state index is 11.2. The lowest BCUT2D eigenvalue weighted by molar-refractivity contribution is 0.304. The normalized spacial score (nSPS) is 19.8. The summed E-state index contributed by atoms with van der Waals surface area (Å²) in [5, 5.41) is 3.35. The summed E-state index contributed by atoms with van der Waals surface area (Å²) in [6.45, 7) is 4.11. The van der Waals surface area contributed by atoms with Crippen molar-refractivity contribution < 1.29 is 0 Å². The molecule has 1 saturated heterocycles. The summed E-state index contributed by atoms with van der Waals surface area (Å²) >= 11 is 0. The zero-order chi connectivity index (χ0) is 11.6. The molecule has 1 aromatic rings. The number of anilines is 1. The van der Waals surface area contributed by atoms with Gasteiger partial charge in [0.05, 0.1) is 6.33 Å². The van der Waals surface area contributed by atoms with Gasteiger partial charge in [0.1, 0.15) is 5.82 Å². The van der Waals surface area contributed by atoms with E-state index in [9.17, 15) is 4.79 Å². The van der Waals surface area contributed by atoms with Crippen LogP contribution in [0.4, 0.5) is 5.82 Å². The molecule has 1 fully saturated rings. The molecule has 2 N–H and O–H groups in total. The van der Waals surface area contributed by atoms with Crippen LogP contribution in [0, 0.1) is 0 Å². The quantitative estimate of drug-likeness (QED) is 0.758. The number of aromatic nitrogens is 2. The van der Waals surface area contributed by atoms with E-state index in [0.717, 1.165) is 31.7 Å². The van der Waals surface area contributed by atoms with Crippen molar-refractivity contribution in [2.75, 3.05) is 25.0 Å². The minimum atomic E-state index is -0.0908. The molecule has 1 aliphatic heterocycles. The van der Waals surface area contributed by atoms with Crippen LogP contribution in [0.25, 0.3) is 0 Å². The Balaban J connectivity index is 2.07. The highest BCUT2D eigenvalue weighted by atomic mass is 16.1. The van der Waals surface area contributed by atoms with Gasteiger partial charge in [-0.1, -0.05) is 0 Å². The van der Waals surface area contributed by atoms with Crippen LogP contribution in [0.5, 0.6) is 0 Å². The molecule has 0 aliphatic carbocycles. The van der Waals surface area contributed by atoms with Gasteiger partial charge in [0.2, 0.25) is 0 Å². The van der Waals surface area contributed by atoms with Crippen LogP contribution in [-0.4, -0.2) is 35.6 Å². The largest absolute Gasteiger partial charge is 0.356 e. The van der Waals surface area contributed by atoms with Crippen molar-refractivity contribution >= 4 is 5.82 Å². The summed E-state index contributed by atoms with van der Waals surface area (Å²) in [7, 11) is 2.00. The SMILES string of the molecule is CNC1(C)CCN(c2cc(=O)[nH]cn2)CC1. The second-order valence-electron chi connectivity index (χ2n) is 4.57. The van der Waals surface area contributed by atoms with Crippen molar-refractivity contribution in [3.8, 4) is 0 Å². The lowest BCUT2D eigenvalue weighted by Gasteiger charge is -2.39. The van der Waals surface area contributed by atoms with Crippen molar-refractivity contribution in [1.82, 2.24) is 15.3 Å². The average molecular weight is 222 g/mol. The van der Waals surface area contributed by atoms with E-state index < -0.39 is 0 Å². The van der Waals surface area contributed by atoms with Crippen molar-refractivity contribution in [3.63, 3.8) is 0 Å². The number of H-pyrrole nitrogens is 1. The van der Waals surface area contributed by atoms with Crippen LogP contribution in [0.3, 0.4) is 0 Å². The van der Waals surface area contributed by atoms with Crippen LogP contribution >= 0.6 is 0 Å². The molecule has 0 radical (unpaired) electrons. The maximum Gasteiger partial charge on any atom is 0.252 e. The summed E-state index contributed by atoms with van der Waals surface area (Å²) in [5.41, 5.74) is 0.129. The Morgan fingerprint density at radius 2 is 2.19 bits per heavy atom. The predicted octanol–water partition coefficient (Wildman–Crippen LogP) is 0.348. The number of aromatic amines is 1. The van der Waals surface area contributed by atoms with Gasteiger partial charge in [0.15, 0.2) is 0 Å². The van der Waals surface area contributed by atoms with Gasteiger partial charge >= 0.3 is 0 Å². The summed E-state index contributed by atoms with van der Waals surface area (Å²) in [6, 6.07) is 1.56. The molecule has 1 aliphatic rings. The monoisotopic (exact) mass is 222 g/mol. The van der Waals surface area contributed by atoms with Gasteiger partial charge in [-0.3, -0.25) is 4.79 Å². The first-order chi connectivity index (χ1) is 7.63. The number of nitrogens with zero attached hydrogens (tertiary/aromatic N) is 2. The van der Waals surface area contributed by atoms with Crippen molar-refractivity contribution in [2.24, 2.45) is 0 Å². The number of hydrogen-bond donors (Lipinski definition) is 2. The molecule has 5 nitrogen and oxygen atoms in total. The average Bonchev–Trinajstić information content (AvgIpc) is 2.30. The molecule has 2 rings (SSSR count). The van der Waals surface area contributed by atoms with Gasteiger partial charge < -0.3 is 15.2 Å². The highest BCUT2D eigenvalue weighted by molar-refractivity contribution is 5.37. The van der Waals surface area contributed by atoms with E-state index in [0.29, 0.717) is 0 Å². The molecule has 0 spiro atoms. The fourth-order valence-corrected chi connectivity index (χ4v) is 2.01. The van der Waals surface area contributed by atoms with Crippen LogP contribution in [0.1, 0.15) is 19.8 Å². The molecule has 16 heavy (non-hydrogen) atoms. The highest BCUT2D eigenvalue weighted by Gasteiger charge is 2.28. The Morgan fingerprint density at radius 3 is 2.75 bits per heavy atom. The molecular weight excluding hydrogens is 204 g/mol. The third-order valence-electron chi connectivity index (χ3n) is 3.46. The van der Waals surface area contributed by atoms with Gasteiger partial charge in [-0.2, -0.15) is 0 Å². The summed E-state index contributed by atoms with van der Waals surface area (Å²) in [6.07, 6.45) is 3.60. The van der Waals surface area contributed by atoms with Crippen LogP contribution in [-0.2, 0) is 0 Å². The van der Waals surface area contributed by atoms with Gasteiger partial charge in [-0.05, 0) is 26.8 Å². The predicted molar refractivity (Wildman–Crippen MR) is 63.8 cm³/mol. The van der Waals surface area contributed by atoms with E-state index in [4.69, 9.17) is 0 Å². The third-order valence-corrected chi connectivity index (χ3v) is 3.46. The summed E-state index contributed by atoms with van der Waals surface area (Å²) in [4.78, 5) is 20.1. The Kier molecular flexibility index (Phi) is 2.96. The zero-order valence-corrected chi connectivity index (χ0v) is 9.79. The van der Waals surface area contributed by atoms with E-state index in [1.165, 1.54) is 6.33 Å². The van der Waals surface area contributed by atoms with Gasteiger partial charge in [-0.25, -0.2) is 4.98 Å². The third kappa shape index (κ3) is 2.24. The maximum absolute atomic E-state index is 11.2. The number of nitrogens with one attached hydrogen (secondary N) is 2. The topological polar surface area (TPSA) is 61.0 Å². The Hall–Kier alpha value is -1.36. The molecular formula is C11H18N4O. The number of piperidine rings is 1. The Bertz CT molecular complexity index is 406. The van der Waals surface area contributed by atoms with Crippen LogP contribution < -0.4 is 15.8 Å². The fraction of sp³-hybridized carbons (Fsp3) is 0.636. The van der Waals surface area contributed by atoms with Gasteiger partial charge in [-0.15, -0.1) is 0 Å². The van der Waals surface area contributed by atoms with Crippen molar-refractivity contribution in [3.05, 3.63) is 22.7 Å². The van der Waals surface area contributed by atoms with Crippen LogP contribution in [0.2, 0.25) is 0 Å². The number of hydrogen-bond acceptors (Lipinski definition) is 4. The molecule has 2 heterocycles. The minimum Gasteiger partial charge on any atom is -0.356 e. The first kappa shape index (κ1) is 11.1. The molecule has 0 saturated carbocycles. The molecule has 0 aromatic carbocycles. The highest BCUT2D eigenvalue weighted by Crippen LogP contribution is 2.23. The smallest absolute Gasteiger partial charge is 0.252 e.